The second-order valence-corrected chi connectivity index (χ2v) is 3.92. The Hall–Kier alpha value is -0.610. The second kappa shape index (κ2) is 5.19. The summed E-state index contributed by atoms with van der Waals surface area (Å²) < 4.78 is 1.01. The molecule has 1 aromatic rings. The molecule has 1 aromatic heterocycles. The van der Waals surface area contributed by atoms with Crippen molar-refractivity contribution in [1.82, 2.24) is 9.88 Å². The minimum absolute atomic E-state index is 0.905. The molecular weight excluding hydrogens is 230 g/mol. The predicted molar refractivity (Wildman–Crippen MR) is 59.0 cm³/mol. The lowest BCUT2D eigenvalue weighted by molar-refractivity contribution is 0.425. The summed E-state index contributed by atoms with van der Waals surface area (Å²) in [6, 6.07) is 3.88. The largest absolute Gasteiger partial charge is 0.368 e. The van der Waals surface area contributed by atoms with Crippen molar-refractivity contribution in [1.29, 1.82) is 0 Å². The van der Waals surface area contributed by atoms with Gasteiger partial charge in [0, 0.05) is 19.3 Å². The molecular formula is C9H14BrN3. The van der Waals surface area contributed by atoms with Gasteiger partial charge in [0.2, 0.25) is 0 Å². The van der Waals surface area contributed by atoms with Crippen molar-refractivity contribution in [2.24, 2.45) is 0 Å². The molecule has 0 aromatic carbocycles. The van der Waals surface area contributed by atoms with Gasteiger partial charge < -0.3 is 10.2 Å². The van der Waals surface area contributed by atoms with E-state index in [1.54, 1.807) is 6.20 Å². The van der Waals surface area contributed by atoms with Gasteiger partial charge in [-0.05, 0) is 42.2 Å². The Kier molecular flexibility index (Phi) is 4.18. The number of likely N-dealkylation sites (N-methyl/N-ethyl adjacent to an activating group) is 1. The van der Waals surface area contributed by atoms with E-state index in [0.29, 0.717) is 0 Å². The number of nitrogens with one attached hydrogen (secondary N) is 1. The summed E-state index contributed by atoms with van der Waals surface area (Å²) in [4.78, 5) is 6.33. The van der Waals surface area contributed by atoms with E-state index >= 15 is 0 Å². The van der Waals surface area contributed by atoms with E-state index in [4.69, 9.17) is 0 Å². The molecule has 0 saturated carbocycles. The highest BCUT2D eigenvalue weighted by atomic mass is 79.9. The summed E-state index contributed by atoms with van der Waals surface area (Å²) in [5, 5.41) is 3.24. The van der Waals surface area contributed by atoms with Crippen LogP contribution in [0.5, 0.6) is 0 Å². The van der Waals surface area contributed by atoms with Crippen molar-refractivity contribution in [2.75, 3.05) is 32.5 Å². The number of halogens is 1. The Morgan fingerprint density at radius 1 is 1.54 bits per heavy atom. The predicted octanol–water partition coefficient (Wildman–Crippen LogP) is 1.82. The highest BCUT2D eigenvalue weighted by Gasteiger charge is 1.97. The molecule has 0 spiro atoms. The number of hydrogen-bond donors (Lipinski definition) is 1. The normalized spacial score (nSPS) is 10.5. The van der Waals surface area contributed by atoms with Gasteiger partial charge in [0.05, 0.1) is 4.47 Å². The highest BCUT2D eigenvalue weighted by molar-refractivity contribution is 9.10. The molecule has 72 valence electrons. The van der Waals surface area contributed by atoms with Gasteiger partial charge in [0.25, 0.3) is 0 Å². The van der Waals surface area contributed by atoms with E-state index in [1.807, 2.05) is 12.1 Å². The number of rotatable bonds is 4. The number of nitrogens with zero attached hydrogens (tertiary/aromatic N) is 2. The Morgan fingerprint density at radius 3 is 2.92 bits per heavy atom. The molecule has 0 saturated heterocycles. The van der Waals surface area contributed by atoms with Gasteiger partial charge in [-0.1, -0.05) is 0 Å². The average Bonchev–Trinajstić information content (AvgIpc) is 2.08. The van der Waals surface area contributed by atoms with E-state index in [9.17, 15) is 0 Å². The van der Waals surface area contributed by atoms with Gasteiger partial charge in [-0.2, -0.15) is 0 Å². The van der Waals surface area contributed by atoms with Crippen LogP contribution in [0.1, 0.15) is 0 Å². The summed E-state index contributed by atoms with van der Waals surface area (Å²) >= 11 is 3.42. The Labute approximate surface area is 87.3 Å². The molecule has 0 aliphatic rings. The van der Waals surface area contributed by atoms with E-state index in [0.717, 1.165) is 23.4 Å². The minimum Gasteiger partial charge on any atom is -0.368 e. The van der Waals surface area contributed by atoms with E-state index in [2.05, 4.69) is 45.2 Å². The first kappa shape index (κ1) is 10.5. The van der Waals surface area contributed by atoms with Crippen molar-refractivity contribution >= 4 is 21.7 Å². The van der Waals surface area contributed by atoms with Crippen LogP contribution in [0.25, 0.3) is 0 Å². The average molecular weight is 244 g/mol. The van der Waals surface area contributed by atoms with Gasteiger partial charge in [-0.25, -0.2) is 4.98 Å². The number of anilines is 1. The molecule has 0 fully saturated rings. The molecule has 0 atom stereocenters. The molecule has 1 heterocycles. The van der Waals surface area contributed by atoms with E-state index in [1.165, 1.54) is 0 Å². The van der Waals surface area contributed by atoms with Crippen molar-refractivity contribution in [2.45, 2.75) is 0 Å². The summed E-state index contributed by atoms with van der Waals surface area (Å²) in [5.74, 6) is 0.907. The van der Waals surface area contributed by atoms with Crippen LogP contribution in [-0.4, -0.2) is 37.1 Å². The summed E-state index contributed by atoms with van der Waals surface area (Å²) in [7, 11) is 4.10. The molecule has 3 nitrogen and oxygen atoms in total. The van der Waals surface area contributed by atoms with Crippen LogP contribution >= 0.6 is 15.9 Å². The van der Waals surface area contributed by atoms with Gasteiger partial charge in [-0.15, -0.1) is 0 Å². The third-order valence-electron chi connectivity index (χ3n) is 1.61. The standard InChI is InChI=1S/C9H14BrN3/c1-13(2)7-6-12-9-8(10)4-3-5-11-9/h3-5H,6-7H2,1-2H3,(H,11,12). The molecule has 0 radical (unpaired) electrons. The topological polar surface area (TPSA) is 28.2 Å². The maximum absolute atomic E-state index is 4.20. The van der Waals surface area contributed by atoms with Crippen LogP contribution in [0.15, 0.2) is 22.8 Å². The lowest BCUT2D eigenvalue weighted by Gasteiger charge is -2.11. The molecule has 0 unspecified atom stereocenters. The zero-order valence-electron chi connectivity index (χ0n) is 7.92. The molecule has 0 aliphatic carbocycles. The van der Waals surface area contributed by atoms with Gasteiger partial charge in [0.15, 0.2) is 0 Å². The molecule has 0 bridgehead atoms. The van der Waals surface area contributed by atoms with Crippen LogP contribution in [0.4, 0.5) is 5.82 Å². The zero-order chi connectivity index (χ0) is 9.68. The second-order valence-electron chi connectivity index (χ2n) is 3.06. The maximum atomic E-state index is 4.20. The molecule has 1 N–H and O–H groups in total. The molecule has 0 aliphatic heterocycles. The summed E-state index contributed by atoms with van der Waals surface area (Å²) in [6.45, 7) is 1.91. The van der Waals surface area contributed by atoms with Crippen LogP contribution in [0.2, 0.25) is 0 Å². The quantitative estimate of drug-likeness (QED) is 0.875. The first-order valence-electron chi connectivity index (χ1n) is 4.19. The van der Waals surface area contributed by atoms with Crippen LogP contribution in [0, 0.1) is 0 Å². The SMILES string of the molecule is CN(C)CCNc1ncccc1Br. The first-order valence-corrected chi connectivity index (χ1v) is 4.98. The summed E-state index contributed by atoms with van der Waals surface area (Å²) in [6.07, 6.45) is 1.78. The zero-order valence-corrected chi connectivity index (χ0v) is 9.50. The third kappa shape index (κ3) is 3.74. The monoisotopic (exact) mass is 243 g/mol. The lowest BCUT2D eigenvalue weighted by Crippen LogP contribution is -2.21. The fraction of sp³-hybridized carbons (Fsp3) is 0.444. The van der Waals surface area contributed by atoms with Gasteiger partial charge in [-0.3, -0.25) is 0 Å². The van der Waals surface area contributed by atoms with E-state index in [-0.39, 0.29) is 0 Å². The van der Waals surface area contributed by atoms with Crippen molar-refractivity contribution in [3.8, 4) is 0 Å². The fourth-order valence-electron chi connectivity index (χ4n) is 0.914. The van der Waals surface area contributed by atoms with Crippen molar-refractivity contribution < 1.29 is 0 Å². The van der Waals surface area contributed by atoms with Crippen molar-refractivity contribution in [3.63, 3.8) is 0 Å². The van der Waals surface area contributed by atoms with Crippen LogP contribution < -0.4 is 5.32 Å². The molecule has 1 rings (SSSR count). The molecule has 0 amide bonds. The van der Waals surface area contributed by atoms with Gasteiger partial charge >= 0.3 is 0 Å². The van der Waals surface area contributed by atoms with Crippen LogP contribution in [-0.2, 0) is 0 Å². The Balaban J connectivity index is 2.41. The summed E-state index contributed by atoms with van der Waals surface area (Å²) in [5.41, 5.74) is 0. The Bertz CT molecular complexity index is 263. The van der Waals surface area contributed by atoms with E-state index < -0.39 is 0 Å². The first-order chi connectivity index (χ1) is 6.20. The fourth-order valence-corrected chi connectivity index (χ4v) is 1.31. The van der Waals surface area contributed by atoms with Crippen molar-refractivity contribution in [3.05, 3.63) is 22.8 Å². The third-order valence-corrected chi connectivity index (χ3v) is 2.25. The van der Waals surface area contributed by atoms with Gasteiger partial charge in [0.1, 0.15) is 5.82 Å². The number of hydrogen-bond acceptors (Lipinski definition) is 3. The number of aromatic nitrogens is 1. The molecule has 4 heteroatoms. The molecule has 13 heavy (non-hydrogen) atoms. The maximum Gasteiger partial charge on any atom is 0.140 e. The minimum atomic E-state index is 0.905. The lowest BCUT2D eigenvalue weighted by atomic mass is 10.4. The highest BCUT2D eigenvalue weighted by Crippen LogP contribution is 2.17. The number of pyridine rings is 1. The van der Waals surface area contributed by atoms with Crippen LogP contribution in [0.3, 0.4) is 0 Å². The Morgan fingerprint density at radius 2 is 2.31 bits per heavy atom. The smallest absolute Gasteiger partial charge is 0.140 e.